The van der Waals surface area contributed by atoms with Crippen LogP contribution in [0.1, 0.15) is 34.3 Å². The fourth-order valence-electron chi connectivity index (χ4n) is 2.41. The number of benzene rings is 1. The van der Waals surface area contributed by atoms with E-state index in [9.17, 15) is 9.18 Å². The Morgan fingerprint density at radius 1 is 1.37 bits per heavy atom. The van der Waals surface area contributed by atoms with Crippen LogP contribution in [0.3, 0.4) is 0 Å². The van der Waals surface area contributed by atoms with Crippen molar-refractivity contribution in [2.45, 2.75) is 19.8 Å². The van der Waals surface area contributed by atoms with Crippen LogP contribution in [-0.2, 0) is 4.74 Å². The number of carbonyl (C=O) groups excluding carboxylic acids is 1. The van der Waals surface area contributed by atoms with Crippen LogP contribution in [-0.4, -0.2) is 26.2 Å². The molecule has 1 N–H and O–H groups in total. The smallest absolute Gasteiger partial charge is 0.337 e. The number of methoxy groups -OCH3 is 1. The molecule has 1 aliphatic rings. The lowest BCUT2D eigenvalue weighted by Crippen LogP contribution is -2.14. The summed E-state index contributed by atoms with van der Waals surface area (Å²) in [6.45, 7) is 3.60. The fraction of sp³-hybridized carbons (Fsp3) is 0.400. The van der Waals surface area contributed by atoms with Gasteiger partial charge in [-0.25, -0.2) is 9.18 Å². The largest absolute Gasteiger partial charge is 0.465 e. The van der Waals surface area contributed by atoms with Crippen LogP contribution >= 0.6 is 0 Å². The van der Waals surface area contributed by atoms with Crippen molar-refractivity contribution in [3.8, 4) is 0 Å². The summed E-state index contributed by atoms with van der Waals surface area (Å²) in [5, 5.41) is 3.28. The molecule has 0 amide bonds. The number of ether oxygens (including phenoxy) is 1. The number of nitrogens with one attached hydrogen (secondary N) is 1. The molecule has 0 saturated heterocycles. The van der Waals surface area contributed by atoms with Crippen LogP contribution in [0.5, 0.6) is 0 Å². The van der Waals surface area contributed by atoms with Crippen molar-refractivity contribution in [2.75, 3.05) is 20.2 Å². The zero-order chi connectivity index (χ0) is 13.8. The molecule has 1 aromatic carbocycles. The maximum atomic E-state index is 14.3. The highest BCUT2D eigenvalue weighted by Crippen LogP contribution is 2.27. The van der Waals surface area contributed by atoms with Crippen LogP contribution in [0.15, 0.2) is 18.2 Å². The molecule has 0 aliphatic carbocycles. The van der Waals surface area contributed by atoms with Gasteiger partial charge in [0, 0.05) is 5.56 Å². The van der Waals surface area contributed by atoms with Crippen molar-refractivity contribution >= 4 is 11.5 Å². The predicted molar refractivity (Wildman–Crippen MR) is 72.6 cm³/mol. The third kappa shape index (κ3) is 3.01. The molecule has 0 unspecified atom stereocenters. The topological polar surface area (TPSA) is 38.3 Å². The van der Waals surface area contributed by atoms with Crippen LogP contribution in [0.25, 0.3) is 5.57 Å². The summed E-state index contributed by atoms with van der Waals surface area (Å²) in [7, 11) is 1.29. The van der Waals surface area contributed by atoms with E-state index in [2.05, 4.69) is 16.1 Å². The van der Waals surface area contributed by atoms with E-state index < -0.39 is 5.97 Å². The van der Waals surface area contributed by atoms with Crippen LogP contribution in [0.4, 0.5) is 4.39 Å². The highest BCUT2D eigenvalue weighted by Gasteiger charge is 2.16. The Morgan fingerprint density at radius 3 is 2.84 bits per heavy atom. The first-order valence-electron chi connectivity index (χ1n) is 6.42. The van der Waals surface area contributed by atoms with E-state index >= 15 is 0 Å². The minimum absolute atomic E-state index is 0.258. The lowest BCUT2D eigenvalue weighted by atomic mass is 9.95. The Labute approximate surface area is 112 Å². The summed E-state index contributed by atoms with van der Waals surface area (Å²) < 4.78 is 18.9. The molecule has 0 spiro atoms. The van der Waals surface area contributed by atoms with Gasteiger partial charge < -0.3 is 10.1 Å². The molecule has 19 heavy (non-hydrogen) atoms. The summed E-state index contributed by atoms with van der Waals surface area (Å²) in [6, 6.07) is 2.94. The van der Waals surface area contributed by atoms with E-state index in [4.69, 9.17) is 0 Å². The summed E-state index contributed by atoms with van der Waals surface area (Å²) in [5.41, 5.74) is 2.66. The average Bonchev–Trinajstić information content (AvgIpc) is 2.66. The molecular formula is C15H18FNO2. The van der Waals surface area contributed by atoms with Gasteiger partial charge in [0.2, 0.25) is 0 Å². The summed E-state index contributed by atoms with van der Waals surface area (Å²) in [6.07, 6.45) is 3.77. The van der Waals surface area contributed by atoms with Crippen molar-refractivity contribution < 1.29 is 13.9 Å². The summed E-state index contributed by atoms with van der Waals surface area (Å²) >= 11 is 0. The van der Waals surface area contributed by atoms with Crippen molar-refractivity contribution in [3.05, 3.63) is 40.7 Å². The van der Waals surface area contributed by atoms with Crippen molar-refractivity contribution in [1.29, 1.82) is 0 Å². The van der Waals surface area contributed by atoms with E-state index in [0.717, 1.165) is 37.1 Å². The Balaban J connectivity index is 2.41. The zero-order valence-corrected chi connectivity index (χ0v) is 11.3. The van der Waals surface area contributed by atoms with Gasteiger partial charge in [0.25, 0.3) is 0 Å². The lowest BCUT2D eigenvalue weighted by molar-refractivity contribution is 0.0600. The highest BCUT2D eigenvalue weighted by atomic mass is 19.1. The molecule has 0 atom stereocenters. The monoisotopic (exact) mass is 263 g/mol. The van der Waals surface area contributed by atoms with Crippen molar-refractivity contribution in [1.82, 2.24) is 5.32 Å². The first kappa shape index (κ1) is 13.7. The molecular weight excluding hydrogens is 245 g/mol. The molecule has 0 fully saturated rings. The summed E-state index contributed by atoms with van der Waals surface area (Å²) in [5.74, 6) is -0.862. The lowest BCUT2D eigenvalue weighted by Gasteiger charge is -2.12. The Kier molecular flexibility index (Phi) is 4.32. The maximum Gasteiger partial charge on any atom is 0.337 e. The minimum atomic E-state index is -0.509. The maximum absolute atomic E-state index is 14.3. The normalized spacial score (nSPS) is 15.6. The molecule has 1 aromatic rings. The second kappa shape index (κ2) is 5.97. The Bertz CT molecular complexity index is 500. The van der Waals surface area contributed by atoms with Crippen molar-refractivity contribution in [2.24, 2.45) is 0 Å². The van der Waals surface area contributed by atoms with Crippen molar-refractivity contribution in [3.63, 3.8) is 0 Å². The standard InChI is InChI=1S/C15H18FNO2/c1-10-8-12(15(18)19-2)9-13(16)14(10)11-4-3-6-17-7-5-11/h4,8-9,17H,3,5-7H2,1-2H3. The van der Waals surface area contributed by atoms with E-state index in [-0.39, 0.29) is 11.4 Å². The number of esters is 1. The van der Waals surface area contributed by atoms with Crippen LogP contribution in [0.2, 0.25) is 0 Å². The van der Waals surface area contributed by atoms with E-state index in [1.54, 1.807) is 6.07 Å². The minimum Gasteiger partial charge on any atom is -0.465 e. The molecule has 0 bridgehead atoms. The van der Waals surface area contributed by atoms with Gasteiger partial charge in [-0.05, 0) is 56.1 Å². The molecule has 0 radical (unpaired) electrons. The Morgan fingerprint density at radius 2 is 2.16 bits per heavy atom. The molecule has 3 nitrogen and oxygen atoms in total. The molecule has 1 heterocycles. The SMILES string of the molecule is COC(=O)c1cc(C)c(C2=CCCNCC2)c(F)c1. The molecule has 102 valence electrons. The molecule has 0 aromatic heterocycles. The van der Waals surface area contributed by atoms with Gasteiger partial charge in [0.1, 0.15) is 5.82 Å². The number of halogens is 1. The molecule has 1 aliphatic heterocycles. The van der Waals surface area contributed by atoms with Crippen LogP contribution in [0, 0.1) is 12.7 Å². The first-order valence-corrected chi connectivity index (χ1v) is 6.42. The predicted octanol–water partition coefficient (Wildman–Crippen LogP) is 2.69. The van der Waals surface area contributed by atoms with Gasteiger partial charge in [-0.1, -0.05) is 6.08 Å². The van der Waals surface area contributed by atoms with E-state index in [0.29, 0.717) is 5.56 Å². The quantitative estimate of drug-likeness (QED) is 0.834. The molecule has 4 heteroatoms. The third-order valence-corrected chi connectivity index (χ3v) is 3.31. The van der Waals surface area contributed by atoms with Gasteiger partial charge in [-0.2, -0.15) is 0 Å². The van der Waals surface area contributed by atoms with Gasteiger partial charge in [0.05, 0.1) is 12.7 Å². The number of hydrogen-bond donors (Lipinski definition) is 1. The second-order valence-corrected chi connectivity index (χ2v) is 4.66. The van der Waals surface area contributed by atoms with Gasteiger partial charge in [-0.15, -0.1) is 0 Å². The zero-order valence-electron chi connectivity index (χ0n) is 11.3. The van der Waals surface area contributed by atoms with Gasteiger partial charge in [0.15, 0.2) is 0 Å². The number of aryl methyl sites for hydroxylation is 1. The molecule has 2 rings (SSSR count). The van der Waals surface area contributed by atoms with Gasteiger partial charge >= 0.3 is 5.97 Å². The second-order valence-electron chi connectivity index (χ2n) is 4.66. The Hall–Kier alpha value is -1.68. The third-order valence-electron chi connectivity index (χ3n) is 3.31. The summed E-state index contributed by atoms with van der Waals surface area (Å²) in [4.78, 5) is 11.4. The fourth-order valence-corrected chi connectivity index (χ4v) is 2.41. The number of rotatable bonds is 2. The number of carbonyl (C=O) groups is 1. The van der Waals surface area contributed by atoms with E-state index in [1.165, 1.54) is 13.2 Å². The average molecular weight is 263 g/mol. The first-order chi connectivity index (χ1) is 9.13. The molecule has 0 saturated carbocycles. The number of hydrogen-bond acceptors (Lipinski definition) is 3. The van der Waals surface area contributed by atoms with Crippen LogP contribution < -0.4 is 5.32 Å². The highest BCUT2D eigenvalue weighted by molar-refractivity contribution is 5.90. The van der Waals surface area contributed by atoms with E-state index in [1.807, 2.05) is 6.92 Å². The van der Waals surface area contributed by atoms with Gasteiger partial charge in [-0.3, -0.25) is 0 Å².